The minimum atomic E-state index is 0.0335. The Morgan fingerprint density at radius 3 is 1.55 bits per heavy atom. The van der Waals surface area contributed by atoms with Crippen LogP contribution in [-0.2, 0) is 0 Å². The van der Waals surface area contributed by atoms with Crippen molar-refractivity contribution in [3.05, 3.63) is 71.3 Å². The second kappa shape index (κ2) is 6.14. The molecule has 0 aromatic heterocycles. The fourth-order valence-corrected chi connectivity index (χ4v) is 1.56. The second-order valence-corrected chi connectivity index (χ2v) is 5.69. The van der Waals surface area contributed by atoms with E-state index in [4.69, 9.17) is 0 Å². The molecule has 98 valence electrons. The SMILES string of the molecule is CC(C)(C)C#Cc1ccc(C#Cc2ccccc2)cc1. The molecule has 0 amide bonds. The average molecular weight is 258 g/mol. The molecule has 0 spiro atoms. The number of benzene rings is 2. The van der Waals surface area contributed by atoms with E-state index < -0.39 is 0 Å². The predicted molar refractivity (Wildman–Crippen MR) is 85.2 cm³/mol. The van der Waals surface area contributed by atoms with E-state index in [9.17, 15) is 0 Å². The predicted octanol–water partition coefficient (Wildman–Crippen LogP) is 4.48. The molecular weight excluding hydrogens is 240 g/mol. The summed E-state index contributed by atoms with van der Waals surface area (Å²) >= 11 is 0. The van der Waals surface area contributed by atoms with Crippen LogP contribution in [0.15, 0.2) is 54.6 Å². The first-order valence-corrected chi connectivity index (χ1v) is 6.73. The summed E-state index contributed by atoms with van der Waals surface area (Å²) in [6.07, 6.45) is 0. The molecule has 20 heavy (non-hydrogen) atoms. The second-order valence-electron chi connectivity index (χ2n) is 5.69. The lowest BCUT2D eigenvalue weighted by Crippen LogP contribution is -1.99. The maximum atomic E-state index is 3.23. The highest BCUT2D eigenvalue weighted by atomic mass is 14.1. The molecule has 0 radical (unpaired) electrons. The standard InChI is InChI=1S/C20H18/c1-20(2,3)16-15-19-13-11-18(12-14-19)10-9-17-7-5-4-6-8-17/h4-8,11-14H,1-3H3. The Morgan fingerprint density at radius 1 is 0.600 bits per heavy atom. The smallest absolute Gasteiger partial charge is 0.0249 e. The topological polar surface area (TPSA) is 0 Å². The van der Waals surface area contributed by atoms with Crippen LogP contribution in [0.3, 0.4) is 0 Å². The highest BCUT2D eigenvalue weighted by Crippen LogP contribution is 2.11. The first kappa shape index (κ1) is 14.0. The molecule has 0 atom stereocenters. The minimum absolute atomic E-state index is 0.0335. The lowest BCUT2D eigenvalue weighted by atomic mass is 9.97. The van der Waals surface area contributed by atoms with Crippen LogP contribution in [0.2, 0.25) is 0 Å². The summed E-state index contributed by atoms with van der Waals surface area (Å²) in [4.78, 5) is 0. The maximum absolute atomic E-state index is 3.23. The summed E-state index contributed by atoms with van der Waals surface area (Å²) in [5, 5.41) is 0. The summed E-state index contributed by atoms with van der Waals surface area (Å²) in [6.45, 7) is 6.33. The van der Waals surface area contributed by atoms with Crippen molar-refractivity contribution in [1.29, 1.82) is 0 Å². The van der Waals surface area contributed by atoms with Crippen LogP contribution < -0.4 is 0 Å². The van der Waals surface area contributed by atoms with Gasteiger partial charge in [0.2, 0.25) is 0 Å². The number of rotatable bonds is 0. The van der Waals surface area contributed by atoms with Crippen molar-refractivity contribution in [2.75, 3.05) is 0 Å². The summed E-state index contributed by atoms with van der Waals surface area (Å²) in [7, 11) is 0. The van der Waals surface area contributed by atoms with E-state index >= 15 is 0 Å². The molecule has 0 bridgehead atoms. The van der Waals surface area contributed by atoms with Gasteiger partial charge in [-0.15, -0.1) is 0 Å². The molecule has 0 nitrogen and oxygen atoms in total. The van der Waals surface area contributed by atoms with Crippen LogP contribution in [0.4, 0.5) is 0 Å². The van der Waals surface area contributed by atoms with Crippen molar-refractivity contribution in [3.63, 3.8) is 0 Å². The molecule has 2 aromatic rings. The first-order valence-electron chi connectivity index (χ1n) is 6.73. The zero-order valence-corrected chi connectivity index (χ0v) is 12.2. The average Bonchev–Trinajstić information content (AvgIpc) is 2.44. The molecule has 0 aliphatic carbocycles. The quantitative estimate of drug-likeness (QED) is 0.611. The third-order valence-corrected chi connectivity index (χ3v) is 2.59. The minimum Gasteiger partial charge on any atom is -0.0920 e. The van der Waals surface area contributed by atoms with Gasteiger partial charge in [0.15, 0.2) is 0 Å². The van der Waals surface area contributed by atoms with E-state index in [0.717, 1.165) is 16.7 Å². The van der Waals surface area contributed by atoms with Crippen LogP contribution in [0, 0.1) is 29.1 Å². The molecule has 0 heteroatoms. The van der Waals surface area contributed by atoms with Gasteiger partial charge in [0.05, 0.1) is 0 Å². The lowest BCUT2D eigenvalue weighted by molar-refractivity contribution is 0.571. The summed E-state index contributed by atoms with van der Waals surface area (Å²) in [6, 6.07) is 18.1. The monoisotopic (exact) mass is 258 g/mol. The van der Waals surface area contributed by atoms with Gasteiger partial charge in [0.25, 0.3) is 0 Å². The Bertz CT molecular complexity index is 675. The van der Waals surface area contributed by atoms with Crippen LogP contribution in [0.25, 0.3) is 0 Å². The van der Waals surface area contributed by atoms with E-state index in [0.29, 0.717) is 0 Å². The molecule has 0 fully saturated rings. The number of hydrogen-bond donors (Lipinski definition) is 0. The van der Waals surface area contributed by atoms with Crippen LogP contribution in [-0.4, -0.2) is 0 Å². The van der Waals surface area contributed by atoms with Gasteiger partial charge < -0.3 is 0 Å². The summed E-state index contributed by atoms with van der Waals surface area (Å²) < 4.78 is 0. The molecule has 0 saturated heterocycles. The van der Waals surface area contributed by atoms with Crippen molar-refractivity contribution in [2.24, 2.45) is 5.41 Å². The van der Waals surface area contributed by atoms with E-state index in [1.807, 2.05) is 54.6 Å². The van der Waals surface area contributed by atoms with Crippen molar-refractivity contribution >= 4 is 0 Å². The Kier molecular flexibility index (Phi) is 4.29. The Balaban J connectivity index is 2.13. The fraction of sp³-hybridized carbons (Fsp3) is 0.200. The Hall–Kier alpha value is -2.44. The molecule has 0 aliphatic rings. The van der Waals surface area contributed by atoms with Crippen molar-refractivity contribution in [2.45, 2.75) is 20.8 Å². The molecule has 0 aliphatic heterocycles. The zero-order chi connectivity index (χ0) is 14.4. The van der Waals surface area contributed by atoms with Crippen LogP contribution in [0.5, 0.6) is 0 Å². The van der Waals surface area contributed by atoms with E-state index in [1.165, 1.54) is 0 Å². The van der Waals surface area contributed by atoms with Gasteiger partial charge >= 0.3 is 0 Å². The number of hydrogen-bond acceptors (Lipinski definition) is 0. The normalized spacial score (nSPS) is 9.95. The van der Waals surface area contributed by atoms with Gasteiger partial charge in [-0.25, -0.2) is 0 Å². The van der Waals surface area contributed by atoms with Crippen molar-refractivity contribution < 1.29 is 0 Å². The third-order valence-electron chi connectivity index (χ3n) is 2.59. The van der Waals surface area contributed by atoms with Gasteiger partial charge in [-0.3, -0.25) is 0 Å². The van der Waals surface area contributed by atoms with Gasteiger partial charge in [0, 0.05) is 22.1 Å². The zero-order valence-electron chi connectivity index (χ0n) is 12.2. The molecule has 0 heterocycles. The molecule has 2 rings (SSSR count). The van der Waals surface area contributed by atoms with E-state index in [-0.39, 0.29) is 5.41 Å². The maximum Gasteiger partial charge on any atom is 0.0249 e. The van der Waals surface area contributed by atoms with Crippen LogP contribution >= 0.6 is 0 Å². The van der Waals surface area contributed by atoms with Gasteiger partial charge in [-0.05, 0) is 57.2 Å². The van der Waals surface area contributed by atoms with Crippen molar-refractivity contribution in [3.8, 4) is 23.7 Å². The van der Waals surface area contributed by atoms with Gasteiger partial charge in [0.1, 0.15) is 0 Å². The van der Waals surface area contributed by atoms with E-state index in [2.05, 4.69) is 44.5 Å². The molecule has 0 unspecified atom stereocenters. The molecule has 0 N–H and O–H groups in total. The molecule has 0 saturated carbocycles. The van der Waals surface area contributed by atoms with E-state index in [1.54, 1.807) is 0 Å². The lowest BCUT2D eigenvalue weighted by Gasteiger charge is -2.06. The van der Waals surface area contributed by atoms with Crippen LogP contribution in [0.1, 0.15) is 37.5 Å². The van der Waals surface area contributed by atoms with Gasteiger partial charge in [-0.2, -0.15) is 0 Å². The Morgan fingerprint density at radius 2 is 1.05 bits per heavy atom. The molecular formula is C20H18. The first-order chi connectivity index (χ1) is 9.53. The highest BCUT2D eigenvalue weighted by molar-refractivity contribution is 5.45. The Labute approximate surface area is 121 Å². The third kappa shape index (κ3) is 4.68. The summed E-state index contributed by atoms with van der Waals surface area (Å²) in [5.74, 6) is 12.7. The van der Waals surface area contributed by atoms with Gasteiger partial charge in [-0.1, -0.05) is 41.9 Å². The molecule has 2 aromatic carbocycles. The largest absolute Gasteiger partial charge is 0.0920 e. The van der Waals surface area contributed by atoms with Crippen molar-refractivity contribution in [1.82, 2.24) is 0 Å². The fourth-order valence-electron chi connectivity index (χ4n) is 1.56. The highest BCUT2D eigenvalue weighted by Gasteiger charge is 2.03. The summed E-state index contributed by atoms with van der Waals surface area (Å²) in [5.41, 5.74) is 3.11.